The van der Waals surface area contributed by atoms with Gasteiger partial charge in [0.2, 0.25) is 5.91 Å². The van der Waals surface area contributed by atoms with Gasteiger partial charge in [0.1, 0.15) is 0 Å². The second-order valence-corrected chi connectivity index (χ2v) is 7.42. The molecule has 2 unspecified atom stereocenters. The van der Waals surface area contributed by atoms with E-state index in [2.05, 4.69) is 5.32 Å². The molecule has 0 aromatic heterocycles. The predicted molar refractivity (Wildman–Crippen MR) is 88.9 cm³/mol. The van der Waals surface area contributed by atoms with E-state index in [0.29, 0.717) is 10.0 Å². The first-order chi connectivity index (χ1) is 10.9. The van der Waals surface area contributed by atoms with Crippen LogP contribution in [0.4, 0.5) is 0 Å². The van der Waals surface area contributed by atoms with Gasteiger partial charge in [-0.25, -0.2) is 0 Å². The van der Waals surface area contributed by atoms with Crippen LogP contribution in [0.25, 0.3) is 0 Å². The van der Waals surface area contributed by atoms with Crippen molar-refractivity contribution in [1.82, 2.24) is 5.32 Å². The van der Waals surface area contributed by atoms with E-state index in [9.17, 15) is 9.59 Å². The Morgan fingerprint density at radius 3 is 2.61 bits per heavy atom. The number of carboxylic acid groups (broad SMARTS) is 1. The van der Waals surface area contributed by atoms with E-state index in [0.717, 1.165) is 37.7 Å². The van der Waals surface area contributed by atoms with Gasteiger partial charge in [-0.2, -0.15) is 0 Å². The first-order valence-corrected chi connectivity index (χ1v) is 8.65. The van der Waals surface area contributed by atoms with Gasteiger partial charge in [0.25, 0.3) is 0 Å². The average Bonchev–Trinajstić information content (AvgIpc) is 3.16. The van der Waals surface area contributed by atoms with Crippen LogP contribution in [0.1, 0.15) is 50.0 Å². The minimum absolute atomic E-state index is 0.00590. The Labute approximate surface area is 145 Å². The molecular formula is C17H19Cl2NO3. The molecule has 124 valence electrons. The maximum Gasteiger partial charge on any atom is 0.305 e. The van der Waals surface area contributed by atoms with E-state index in [1.807, 2.05) is 12.1 Å². The van der Waals surface area contributed by atoms with Gasteiger partial charge in [0.15, 0.2) is 0 Å². The van der Waals surface area contributed by atoms with Gasteiger partial charge < -0.3 is 10.4 Å². The van der Waals surface area contributed by atoms with E-state index in [1.54, 1.807) is 6.07 Å². The molecule has 2 N–H and O–H groups in total. The average molecular weight is 356 g/mol. The van der Waals surface area contributed by atoms with Crippen molar-refractivity contribution in [3.63, 3.8) is 0 Å². The van der Waals surface area contributed by atoms with E-state index >= 15 is 0 Å². The molecule has 0 radical (unpaired) electrons. The second-order valence-electron chi connectivity index (χ2n) is 6.64. The van der Waals surface area contributed by atoms with Crippen molar-refractivity contribution in [2.75, 3.05) is 0 Å². The predicted octanol–water partition coefficient (Wildman–Crippen LogP) is 4.00. The normalized spacial score (nSPS) is 25.1. The maximum absolute atomic E-state index is 12.5. The van der Waals surface area contributed by atoms with Gasteiger partial charge in [-0.05, 0) is 36.8 Å². The highest BCUT2D eigenvalue weighted by Crippen LogP contribution is 2.51. The zero-order chi connectivity index (χ0) is 16.6. The van der Waals surface area contributed by atoms with Gasteiger partial charge in [0.05, 0.1) is 22.0 Å². The number of carboxylic acids is 1. The molecule has 2 aliphatic rings. The lowest BCUT2D eigenvalue weighted by Gasteiger charge is -2.28. The van der Waals surface area contributed by atoms with Crippen LogP contribution in [0.5, 0.6) is 0 Å². The summed E-state index contributed by atoms with van der Waals surface area (Å²) in [7, 11) is 0. The zero-order valence-electron chi connectivity index (χ0n) is 12.6. The minimum Gasteiger partial charge on any atom is -0.481 e. The molecule has 1 amide bonds. The molecule has 6 heteroatoms. The largest absolute Gasteiger partial charge is 0.481 e. The van der Waals surface area contributed by atoms with Gasteiger partial charge in [0, 0.05) is 5.92 Å². The molecule has 1 aromatic rings. The first kappa shape index (κ1) is 16.6. The highest BCUT2D eigenvalue weighted by Gasteiger charge is 2.48. The molecule has 1 aromatic carbocycles. The molecule has 3 rings (SSSR count). The molecule has 2 atom stereocenters. The van der Waals surface area contributed by atoms with Crippen LogP contribution in [0.15, 0.2) is 18.2 Å². The van der Waals surface area contributed by atoms with Crippen LogP contribution in [-0.4, -0.2) is 22.5 Å². The fraction of sp³-hybridized carbons (Fsp3) is 0.529. The SMILES string of the molecule is O=C(O)CC1(NC(=O)C2CC2c2cccc(Cl)c2Cl)CCCC1. The highest BCUT2D eigenvalue weighted by atomic mass is 35.5. The van der Waals surface area contributed by atoms with Gasteiger partial charge >= 0.3 is 5.97 Å². The third kappa shape index (κ3) is 3.48. The number of carbonyl (C=O) groups excluding carboxylic acids is 1. The van der Waals surface area contributed by atoms with E-state index in [-0.39, 0.29) is 24.2 Å². The van der Waals surface area contributed by atoms with Crippen LogP contribution in [0.2, 0.25) is 10.0 Å². The second kappa shape index (κ2) is 6.33. The number of nitrogens with one attached hydrogen (secondary N) is 1. The monoisotopic (exact) mass is 355 g/mol. The number of hydrogen-bond acceptors (Lipinski definition) is 2. The van der Waals surface area contributed by atoms with Crippen LogP contribution < -0.4 is 5.32 Å². The molecule has 4 nitrogen and oxygen atoms in total. The Hall–Kier alpha value is -1.26. The summed E-state index contributed by atoms with van der Waals surface area (Å²) < 4.78 is 0. The van der Waals surface area contributed by atoms with Crippen LogP contribution in [0.3, 0.4) is 0 Å². The molecule has 2 saturated carbocycles. The van der Waals surface area contributed by atoms with Crippen molar-refractivity contribution < 1.29 is 14.7 Å². The van der Waals surface area contributed by atoms with Crippen LogP contribution >= 0.6 is 23.2 Å². The third-order valence-electron chi connectivity index (χ3n) is 4.95. The van der Waals surface area contributed by atoms with Gasteiger partial charge in [-0.1, -0.05) is 48.2 Å². The van der Waals surface area contributed by atoms with Crippen LogP contribution in [0, 0.1) is 5.92 Å². The van der Waals surface area contributed by atoms with Gasteiger partial charge in [-0.3, -0.25) is 9.59 Å². The van der Waals surface area contributed by atoms with Crippen molar-refractivity contribution in [3.05, 3.63) is 33.8 Å². The molecule has 2 fully saturated rings. The summed E-state index contributed by atoms with van der Waals surface area (Å²) in [5.74, 6) is -0.992. The number of amides is 1. The topological polar surface area (TPSA) is 66.4 Å². The standard InChI is InChI=1S/C17H19Cl2NO3/c18-13-5-3-4-10(15(13)19)11-8-12(11)16(23)20-17(9-14(21)22)6-1-2-7-17/h3-5,11-12H,1-2,6-9H2,(H,20,23)(H,21,22). The lowest BCUT2D eigenvalue weighted by Crippen LogP contribution is -2.48. The summed E-state index contributed by atoms with van der Waals surface area (Å²) in [6, 6.07) is 5.46. The maximum atomic E-state index is 12.5. The molecule has 0 heterocycles. The third-order valence-corrected chi connectivity index (χ3v) is 5.78. The Kier molecular flexibility index (Phi) is 4.56. The Bertz CT molecular complexity index is 641. The summed E-state index contributed by atoms with van der Waals surface area (Å²) in [6.07, 6.45) is 4.12. The Morgan fingerprint density at radius 2 is 1.96 bits per heavy atom. The fourth-order valence-electron chi connectivity index (χ4n) is 3.68. The molecule has 23 heavy (non-hydrogen) atoms. The van der Waals surface area contributed by atoms with Crippen molar-refractivity contribution in [1.29, 1.82) is 0 Å². The van der Waals surface area contributed by atoms with Crippen molar-refractivity contribution in [3.8, 4) is 0 Å². The van der Waals surface area contributed by atoms with Crippen molar-refractivity contribution in [2.45, 2.75) is 50.0 Å². The number of halogens is 2. The molecule has 0 aliphatic heterocycles. The summed E-state index contributed by atoms with van der Waals surface area (Å²) in [5.41, 5.74) is 0.326. The van der Waals surface area contributed by atoms with E-state index < -0.39 is 11.5 Å². The summed E-state index contributed by atoms with van der Waals surface area (Å²) >= 11 is 12.3. The zero-order valence-corrected chi connectivity index (χ0v) is 14.2. The van der Waals surface area contributed by atoms with E-state index in [4.69, 9.17) is 28.3 Å². The number of hydrogen-bond donors (Lipinski definition) is 2. The van der Waals surface area contributed by atoms with Gasteiger partial charge in [-0.15, -0.1) is 0 Å². The molecule has 0 bridgehead atoms. The number of aliphatic carboxylic acids is 1. The van der Waals surface area contributed by atoms with Crippen LogP contribution in [-0.2, 0) is 9.59 Å². The smallest absolute Gasteiger partial charge is 0.305 e. The minimum atomic E-state index is -0.863. The van der Waals surface area contributed by atoms with E-state index in [1.165, 1.54) is 0 Å². The molecule has 0 spiro atoms. The lowest BCUT2D eigenvalue weighted by atomic mass is 9.92. The molecule has 0 saturated heterocycles. The molecular weight excluding hydrogens is 337 g/mol. The number of rotatable bonds is 5. The summed E-state index contributed by atoms with van der Waals surface area (Å²) in [6.45, 7) is 0. The fourth-order valence-corrected chi connectivity index (χ4v) is 4.12. The molecule has 2 aliphatic carbocycles. The summed E-state index contributed by atoms with van der Waals surface area (Å²) in [4.78, 5) is 23.7. The summed E-state index contributed by atoms with van der Waals surface area (Å²) in [5, 5.41) is 13.1. The first-order valence-electron chi connectivity index (χ1n) is 7.90. The quantitative estimate of drug-likeness (QED) is 0.838. The number of carbonyl (C=O) groups is 2. The highest BCUT2D eigenvalue weighted by molar-refractivity contribution is 6.42. The van der Waals surface area contributed by atoms with Crippen molar-refractivity contribution >= 4 is 35.1 Å². The lowest BCUT2D eigenvalue weighted by molar-refractivity contribution is -0.139. The Morgan fingerprint density at radius 1 is 1.26 bits per heavy atom. The number of benzene rings is 1. The Balaban J connectivity index is 1.68. The van der Waals surface area contributed by atoms with Crippen molar-refractivity contribution in [2.24, 2.45) is 5.92 Å².